The van der Waals surface area contributed by atoms with Crippen molar-refractivity contribution in [2.24, 2.45) is 0 Å². The van der Waals surface area contributed by atoms with Crippen molar-refractivity contribution in [1.29, 1.82) is 0 Å². The highest BCUT2D eigenvalue weighted by atomic mass is 32.1. The Morgan fingerprint density at radius 2 is 1.85 bits per heavy atom. The highest BCUT2D eigenvalue weighted by Gasteiger charge is 2.11. The van der Waals surface area contributed by atoms with Crippen LogP contribution in [0.2, 0.25) is 0 Å². The van der Waals surface area contributed by atoms with Crippen molar-refractivity contribution in [3.63, 3.8) is 0 Å². The van der Waals surface area contributed by atoms with Crippen LogP contribution in [0.15, 0.2) is 42.7 Å². The maximum Gasteiger partial charge on any atom is 0.183 e. The average Bonchev–Trinajstić information content (AvgIpc) is 3.09. The van der Waals surface area contributed by atoms with E-state index in [1.807, 2.05) is 30.6 Å². The number of aryl methyl sites for hydroxylation is 1. The van der Waals surface area contributed by atoms with Crippen LogP contribution in [-0.4, -0.2) is 9.97 Å². The molecule has 1 N–H and O–H groups in total. The molecule has 0 aliphatic carbocycles. The monoisotopic (exact) mass is 301 g/mol. The van der Waals surface area contributed by atoms with Crippen molar-refractivity contribution < 1.29 is 0 Å². The largest absolute Gasteiger partial charge is 0.353 e. The van der Waals surface area contributed by atoms with Crippen LogP contribution in [-0.2, 0) is 0 Å². The lowest BCUT2D eigenvalue weighted by Gasteiger charge is -2.08. The predicted octanol–water partition coefficient (Wildman–Crippen LogP) is 4.75. The highest BCUT2D eigenvalue weighted by molar-refractivity contribution is 7.18. The number of nitrogens with zero attached hydrogens (tertiary/aromatic N) is 2. The third kappa shape index (κ3) is 2.89. The molecule has 1 unspecified atom stereocenters. The average molecular weight is 301 g/mol. The number of benzene rings is 1. The van der Waals surface area contributed by atoms with Gasteiger partial charge in [0.1, 0.15) is 5.01 Å². The van der Waals surface area contributed by atoms with Gasteiger partial charge in [-0.2, -0.15) is 0 Å². The zero-order valence-electron chi connectivity index (χ0n) is 11.3. The van der Waals surface area contributed by atoms with Gasteiger partial charge in [-0.3, -0.25) is 0 Å². The SMILES string of the molecule is Cc1cnc(C(C)Nc2ncc(-c3ccccc3)s2)s1. The summed E-state index contributed by atoms with van der Waals surface area (Å²) >= 11 is 3.39. The molecule has 0 aliphatic heterocycles. The van der Waals surface area contributed by atoms with Crippen LogP contribution in [0.5, 0.6) is 0 Å². The van der Waals surface area contributed by atoms with E-state index >= 15 is 0 Å². The molecule has 0 saturated heterocycles. The lowest BCUT2D eigenvalue weighted by atomic mass is 10.2. The van der Waals surface area contributed by atoms with Crippen molar-refractivity contribution in [2.45, 2.75) is 19.9 Å². The Morgan fingerprint density at radius 1 is 1.05 bits per heavy atom. The van der Waals surface area contributed by atoms with Crippen LogP contribution in [0.1, 0.15) is 22.9 Å². The molecule has 20 heavy (non-hydrogen) atoms. The van der Waals surface area contributed by atoms with Gasteiger partial charge in [-0.1, -0.05) is 41.7 Å². The molecule has 2 heterocycles. The van der Waals surface area contributed by atoms with Gasteiger partial charge in [0, 0.05) is 17.3 Å². The zero-order valence-corrected chi connectivity index (χ0v) is 13.0. The summed E-state index contributed by atoms with van der Waals surface area (Å²) in [6, 6.07) is 10.5. The fraction of sp³-hybridized carbons (Fsp3) is 0.200. The molecule has 102 valence electrons. The Kier molecular flexibility index (Phi) is 3.80. The Bertz CT molecular complexity index is 688. The maximum atomic E-state index is 4.45. The first-order chi connectivity index (χ1) is 9.72. The maximum absolute atomic E-state index is 4.45. The number of hydrogen-bond acceptors (Lipinski definition) is 5. The Morgan fingerprint density at radius 3 is 2.55 bits per heavy atom. The van der Waals surface area contributed by atoms with Crippen LogP contribution < -0.4 is 5.32 Å². The molecule has 0 spiro atoms. The van der Waals surface area contributed by atoms with E-state index in [9.17, 15) is 0 Å². The molecule has 0 amide bonds. The molecule has 0 bridgehead atoms. The molecular weight excluding hydrogens is 286 g/mol. The molecule has 3 aromatic rings. The van der Waals surface area contributed by atoms with Gasteiger partial charge < -0.3 is 5.32 Å². The smallest absolute Gasteiger partial charge is 0.183 e. The topological polar surface area (TPSA) is 37.8 Å². The molecule has 3 nitrogen and oxygen atoms in total. The van der Waals surface area contributed by atoms with E-state index in [2.05, 4.69) is 41.3 Å². The van der Waals surface area contributed by atoms with Crippen molar-refractivity contribution in [3.05, 3.63) is 52.6 Å². The van der Waals surface area contributed by atoms with Crippen molar-refractivity contribution >= 4 is 27.8 Å². The molecule has 3 rings (SSSR count). The molecular formula is C15H15N3S2. The number of anilines is 1. The third-order valence-corrected chi connectivity index (χ3v) is 4.99. The fourth-order valence-electron chi connectivity index (χ4n) is 1.90. The van der Waals surface area contributed by atoms with Gasteiger partial charge in [-0.25, -0.2) is 9.97 Å². The Labute approximate surface area is 126 Å². The van der Waals surface area contributed by atoms with E-state index in [1.54, 1.807) is 22.7 Å². The van der Waals surface area contributed by atoms with Crippen LogP contribution >= 0.6 is 22.7 Å². The minimum absolute atomic E-state index is 0.184. The number of hydrogen-bond donors (Lipinski definition) is 1. The van der Waals surface area contributed by atoms with E-state index in [0.29, 0.717) is 0 Å². The Balaban J connectivity index is 1.74. The standard InChI is InChI=1S/C15H15N3S2/c1-10-8-16-14(19-10)11(2)18-15-17-9-13(20-15)12-6-4-3-5-7-12/h3-9,11H,1-2H3,(H,17,18). The molecule has 0 radical (unpaired) electrons. The predicted molar refractivity (Wildman–Crippen MR) is 86.4 cm³/mol. The lowest BCUT2D eigenvalue weighted by molar-refractivity contribution is 0.867. The molecule has 5 heteroatoms. The molecule has 0 fully saturated rings. The summed E-state index contributed by atoms with van der Waals surface area (Å²) in [7, 11) is 0. The van der Waals surface area contributed by atoms with Gasteiger partial charge >= 0.3 is 0 Å². The number of aromatic nitrogens is 2. The van der Waals surface area contributed by atoms with Gasteiger partial charge in [0.15, 0.2) is 5.13 Å². The van der Waals surface area contributed by atoms with E-state index in [4.69, 9.17) is 0 Å². The molecule has 0 aliphatic rings. The summed E-state index contributed by atoms with van der Waals surface area (Å²) < 4.78 is 0. The second-order valence-electron chi connectivity index (χ2n) is 4.57. The van der Waals surface area contributed by atoms with Gasteiger partial charge in [0.05, 0.1) is 10.9 Å². The minimum Gasteiger partial charge on any atom is -0.353 e. The van der Waals surface area contributed by atoms with Crippen molar-refractivity contribution in [2.75, 3.05) is 5.32 Å². The van der Waals surface area contributed by atoms with E-state index in [1.165, 1.54) is 15.3 Å². The van der Waals surface area contributed by atoms with Gasteiger partial charge in [-0.05, 0) is 19.4 Å². The third-order valence-electron chi connectivity index (χ3n) is 2.91. The minimum atomic E-state index is 0.184. The fourth-order valence-corrected chi connectivity index (χ4v) is 3.58. The van der Waals surface area contributed by atoms with E-state index < -0.39 is 0 Å². The quantitative estimate of drug-likeness (QED) is 0.755. The second kappa shape index (κ2) is 5.73. The molecule has 0 saturated carbocycles. The van der Waals surface area contributed by atoms with Crippen molar-refractivity contribution in [3.8, 4) is 10.4 Å². The number of nitrogens with one attached hydrogen (secondary N) is 1. The molecule has 2 aromatic heterocycles. The summed E-state index contributed by atoms with van der Waals surface area (Å²) in [6.45, 7) is 4.19. The summed E-state index contributed by atoms with van der Waals surface area (Å²) in [5, 5.41) is 5.45. The molecule has 1 aromatic carbocycles. The zero-order chi connectivity index (χ0) is 13.9. The van der Waals surface area contributed by atoms with Crippen LogP contribution in [0.4, 0.5) is 5.13 Å². The summed E-state index contributed by atoms with van der Waals surface area (Å²) in [5.74, 6) is 0. The van der Waals surface area contributed by atoms with Gasteiger partial charge in [0.25, 0.3) is 0 Å². The van der Waals surface area contributed by atoms with Crippen LogP contribution in [0.3, 0.4) is 0 Å². The van der Waals surface area contributed by atoms with Crippen LogP contribution in [0, 0.1) is 6.92 Å². The first-order valence-electron chi connectivity index (χ1n) is 6.42. The van der Waals surface area contributed by atoms with E-state index in [0.717, 1.165) is 10.1 Å². The van der Waals surface area contributed by atoms with E-state index in [-0.39, 0.29) is 6.04 Å². The van der Waals surface area contributed by atoms with Crippen molar-refractivity contribution in [1.82, 2.24) is 9.97 Å². The Hall–Kier alpha value is -1.72. The van der Waals surface area contributed by atoms with Gasteiger partial charge in [0.2, 0.25) is 0 Å². The normalized spacial score (nSPS) is 12.3. The van der Waals surface area contributed by atoms with Gasteiger partial charge in [-0.15, -0.1) is 11.3 Å². The lowest BCUT2D eigenvalue weighted by Crippen LogP contribution is -2.05. The molecule has 1 atom stereocenters. The summed E-state index contributed by atoms with van der Waals surface area (Å²) in [5.41, 5.74) is 1.20. The first kappa shape index (κ1) is 13.3. The number of rotatable bonds is 4. The second-order valence-corrected chi connectivity index (χ2v) is 6.87. The first-order valence-corrected chi connectivity index (χ1v) is 8.06. The summed E-state index contributed by atoms with van der Waals surface area (Å²) in [4.78, 5) is 11.3. The summed E-state index contributed by atoms with van der Waals surface area (Å²) in [6.07, 6.45) is 3.83. The number of thiazole rings is 2. The van der Waals surface area contributed by atoms with Crippen LogP contribution in [0.25, 0.3) is 10.4 Å². The highest BCUT2D eigenvalue weighted by Crippen LogP contribution is 2.31.